The predicted molar refractivity (Wildman–Crippen MR) is 130 cm³/mol. The summed E-state index contributed by atoms with van der Waals surface area (Å²) < 4.78 is 11.6. The maximum absolute atomic E-state index is 13.2. The molecule has 0 aliphatic heterocycles. The number of rotatable bonds is 11. The van der Waals surface area contributed by atoms with E-state index in [4.69, 9.17) is 9.47 Å². The highest BCUT2D eigenvalue weighted by Gasteiger charge is 2.26. The zero-order chi connectivity index (χ0) is 23.7. The molecule has 0 fully saturated rings. The molecule has 0 unspecified atom stereocenters. The quantitative estimate of drug-likeness (QED) is 0.480. The summed E-state index contributed by atoms with van der Waals surface area (Å²) in [5.41, 5.74) is 1.94. The number of ether oxygens (including phenoxy) is 2. The molecular formula is C25H33BrN2O4. The van der Waals surface area contributed by atoms with Crippen molar-refractivity contribution in [1.29, 1.82) is 0 Å². The number of aryl methyl sites for hydroxylation is 1. The summed E-state index contributed by atoms with van der Waals surface area (Å²) in [4.78, 5) is 27.7. The summed E-state index contributed by atoms with van der Waals surface area (Å²) in [6, 6.07) is 12.9. The first-order valence-electron chi connectivity index (χ1n) is 10.8. The Labute approximate surface area is 199 Å². The highest BCUT2D eigenvalue weighted by atomic mass is 79.9. The average Bonchev–Trinajstić information content (AvgIpc) is 2.81. The van der Waals surface area contributed by atoms with Crippen molar-refractivity contribution in [3.8, 4) is 11.5 Å². The van der Waals surface area contributed by atoms with Gasteiger partial charge >= 0.3 is 0 Å². The molecule has 2 amide bonds. The van der Waals surface area contributed by atoms with E-state index in [2.05, 4.69) is 21.2 Å². The van der Waals surface area contributed by atoms with E-state index in [0.29, 0.717) is 24.5 Å². The molecule has 7 heteroatoms. The molecule has 2 aromatic carbocycles. The van der Waals surface area contributed by atoms with Gasteiger partial charge in [-0.25, -0.2) is 0 Å². The van der Waals surface area contributed by atoms with Crippen LogP contribution in [0.3, 0.4) is 0 Å². The Hall–Kier alpha value is -2.54. The molecule has 0 saturated carbocycles. The number of nitrogens with zero attached hydrogens (tertiary/aromatic N) is 1. The van der Waals surface area contributed by atoms with E-state index in [0.717, 1.165) is 22.0 Å². The Kier molecular flexibility index (Phi) is 10.0. The zero-order valence-electron chi connectivity index (χ0n) is 19.5. The van der Waals surface area contributed by atoms with Crippen molar-refractivity contribution in [1.82, 2.24) is 10.2 Å². The van der Waals surface area contributed by atoms with Gasteiger partial charge in [-0.2, -0.15) is 0 Å². The van der Waals surface area contributed by atoms with Gasteiger partial charge in [0, 0.05) is 23.5 Å². The van der Waals surface area contributed by atoms with Gasteiger partial charge in [-0.05, 0) is 62.1 Å². The minimum Gasteiger partial charge on any atom is -0.493 e. The van der Waals surface area contributed by atoms with Crippen LogP contribution in [0.5, 0.6) is 11.5 Å². The van der Waals surface area contributed by atoms with E-state index in [1.807, 2.05) is 56.3 Å². The van der Waals surface area contributed by atoms with Gasteiger partial charge in [0.15, 0.2) is 11.5 Å². The van der Waals surface area contributed by atoms with E-state index >= 15 is 0 Å². The second-order valence-corrected chi connectivity index (χ2v) is 8.75. The minimum atomic E-state index is -0.578. The first-order chi connectivity index (χ1) is 15.3. The third-order valence-corrected chi connectivity index (χ3v) is 6.04. The topological polar surface area (TPSA) is 67.9 Å². The van der Waals surface area contributed by atoms with E-state index in [-0.39, 0.29) is 24.3 Å². The number of carbonyl (C=O) groups excluding carboxylic acids is 2. The lowest BCUT2D eigenvalue weighted by atomic mass is 10.1. The molecule has 1 N–H and O–H groups in total. The average molecular weight is 505 g/mol. The molecule has 0 aliphatic rings. The fraction of sp³-hybridized carbons (Fsp3) is 0.440. The van der Waals surface area contributed by atoms with Gasteiger partial charge in [0.2, 0.25) is 11.8 Å². The fourth-order valence-electron chi connectivity index (χ4n) is 3.27. The van der Waals surface area contributed by atoms with Crippen LogP contribution in [0.1, 0.15) is 44.7 Å². The number of halogens is 1. The molecule has 2 rings (SSSR count). The number of amides is 2. The third-order valence-electron chi connectivity index (χ3n) is 5.51. The van der Waals surface area contributed by atoms with Crippen molar-refractivity contribution >= 4 is 27.7 Å². The molecule has 0 heterocycles. The van der Waals surface area contributed by atoms with Gasteiger partial charge in [0.05, 0.1) is 14.2 Å². The van der Waals surface area contributed by atoms with Gasteiger partial charge in [-0.3, -0.25) is 9.59 Å². The van der Waals surface area contributed by atoms with E-state index in [1.54, 1.807) is 26.0 Å². The van der Waals surface area contributed by atoms with E-state index in [1.165, 1.54) is 0 Å². The zero-order valence-corrected chi connectivity index (χ0v) is 21.1. The molecule has 0 aliphatic carbocycles. The summed E-state index contributed by atoms with van der Waals surface area (Å²) in [5, 5.41) is 2.99. The van der Waals surface area contributed by atoms with Crippen LogP contribution in [0.15, 0.2) is 46.9 Å². The van der Waals surface area contributed by atoms with Crippen LogP contribution >= 0.6 is 15.9 Å². The number of nitrogens with one attached hydrogen (secondary N) is 1. The Morgan fingerprint density at radius 2 is 1.62 bits per heavy atom. The van der Waals surface area contributed by atoms with Crippen LogP contribution in [0.4, 0.5) is 0 Å². The lowest BCUT2D eigenvalue weighted by molar-refractivity contribution is -0.140. The largest absolute Gasteiger partial charge is 0.493 e. The summed E-state index contributed by atoms with van der Waals surface area (Å²) in [6.45, 7) is 6.13. The van der Waals surface area contributed by atoms with Crippen molar-refractivity contribution in [3.63, 3.8) is 0 Å². The Morgan fingerprint density at radius 3 is 2.22 bits per heavy atom. The highest BCUT2D eigenvalue weighted by Crippen LogP contribution is 2.28. The number of hydrogen-bond donors (Lipinski definition) is 1. The molecule has 0 aromatic heterocycles. The lowest BCUT2D eigenvalue weighted by Gasteiger charge is -2.30. The normalized spacial score (nSPS) is 12.6. The van der Waals surface area contributed by atoms with Crippen molar-refractivity contribution in [2.45, 2.75) is 58.7 Å². The van der Waals surface area contributed by atoms with E-state index in [9.17, 15) is 9.59 Å². The predicted octanol–water partition coefficient (Wildman–Crippen LogP) is 4.73. The number of benzene rings is 2. The Bertz CT molecular complexity index is 901. The van der Waals surface area contributed by atoms with Gasteiger partial charge < -0.3 is 19.7 Å². The molecule has 2 aromatic rings. The van der Waals surface area contributed by atoms with Crippen LogP contribution < -0.4 is 14.8 Å². The number of carbonyl (C=O) groups is 2. The first kappa shape index (κ1) is 25.7. The lowest BCUT2D eigenvalue weighted by Crippen LogP contribution is -2.49. The highest BCUT2D eigenvalue weighted by molar-refractivity contribution is 9.10. The van der Waals surface area contributed by atoms with E-state index < -0.39 is 6.04 Å². The van der Waals surface area contributed by atoms with Crippen LogP contribution in [-0.2, 0) is 22.6 Å². The molecule has 32 heavy (non-hydrogen) atoms. The first-order valence-corrected chi connectivity index (χ1v) is 11.6. The van der Waals surface area contributed by atoms with Crippen LogP contribution in [-0.4, -0.2) is 43.0 Å². The summed E-state index contributed by atoms with van der Waals surface area (Å²) in [6.07, 6.45) is 1.65. The van der Waals surface area contributed by atoms with Gasteiger partial charge in [-0.1, -0.05) is 41.1 Å². The summed E-state index contributed by atoms with van der Waals surface area (Å²) in [7, 11) is 3.18. The maximum Gasteiger partial charge on any atom is 0.242 e. The van der Waals surface area contributed by atoms with Gasteiger partial charge in [-0.15, -0.1) is 0 Å². The monoisotopic (exact) mass is 504 g/mol. The van der Waals surface area contributed by atoms with Crippen LogP contribution in [0, 0.1) is 0 Å². The van der Waals surface area contributed by atoms with Crippen LogP contribution in [0.2, 0.25) is 0 Å². The molecular weight excluding hydrogens is 472 g/mol. The van der Waals surface area contributed by atoms with Crippen molar-refractivity contribution in [2.24, 2.45) is 0 Å². The molecule has 6 nitrogen and oxygen atoms in total. The van der Waals surface area contributed by atoms with Gasteiger partial charge in [0.25, 0.3) is 0 Å². The molecule has 0 radical (unpaired) electrons. The smallest absolute Gasteiger partial charge is 0.242 e. The third kappa shape index (κ3) is 7.26. The van der Waals surface area contributed by atoms with Crippen molar-refractivity contribution in [3.05, 3.63) is 58.1 Å². The Balaban J connectivity index is 2.17. The Morgan fingerprint density at radius 1 is 1.00 bits per heavy atom. The maximum atomic E-state index is 13.2. The molecule has 174 valence electrons. The van der Waals surface area contributed by atoms with Gasteiger partial charge in [0.1, 0.15) is 6.04 Å². The number of hydrogen-bond acceptors (Lipinski definition) is 4. The standard InChI is InChI=1S/C25H33BrN2O4/c1-6-17(2)27-25(30)18(3)28(16-20-7-11-21(26)12-8-20)24(29)14-10-19-9-13-22(31-4)23(15-19)32-5/h7-9,11-13,15,17-18H,6,10,14,16H2,1-5H3,(H,27,30)/t17-,18+/m0/s1. The molecule has 2 atom stereocenters. The minimum absolute atomic E-state index is 0.0568. The molecule has 0 saturated heterocycles. The van der Waals surface area contributed by atoms with Crippen molar-refractivity contribution in [2.75, 3.05) is 14.2 Å². The molecule has 0 bridgehead atoms. The summed E-state index contributed by atoms with van der Waals surface area (Å²) >= 11 is 3.44. The number of methoxy groups -OCH3 is 2. The fourth-order valence-corrected chi connectivity index (χ4v) is 3.53. The second kappa shape index (κ2) is 12.5. The second-order valence-electron chi connectivity index (χ2n) is 7.83. The molecule has 0 spiro atoms. The van der Waals surface area contributed by atoms with Crippen LogP contribution in [0.25, 0.3) is 0 Å². The van der Waals surface area contributed by atoms with Crippen molar-refractivity contribution < 1.29 is 19.1 Å². The SMILES string of the molecule is CC[C@H](C)NC(=O)[C@@H](C)N(Cc1ccc(Br)cc1)C(=O)CCc1ccc(OC)c(OC)c1. The summed E-state index contributed by atoms with van der Waals surface area (Å²) in [5.74, 6) is 1.06.